The molecule has 0 aromatic heterocycles. The maximum atomic E-state index is 3.61. The van der Waals surface area contributed by atoms with Crippen molar-refractivity contribution in [3.8, 4) is 11.1 Å². The highest BCUT2D eigenvalue weighted by Gasteiger charge is 2.37. The van der Waals surface area contributed by atoms with E-state index in [0.29, 0.717) is 0 Å². The second-order valence-corrected chi connectivity index (χ2v) is 10.5. The molecule has 0 spiro atoms. The molecule has 4 aromatic carbocycles. The van der Waals surface area contributed by atoms with E-state index in [0.717, 1.165) is 15.8 Å². The maximum Gasteiger partial charge on any atom is 0.0543 e. The molecule has 5 rings (SSSR count). The first kappa shape index (κ1) is 24.1. The van der Waals surface area contributed by atoms with E-state index in [1.807, 2.05) is 25.2 Å². The van der Waals surface area contributed by atoms with Crippen LogP contribution in [0.2, 0.25) is 0 Å². The summed E-state index contributed by atoms with van der Waals surface area (Å²) in [7, 11) is 0. The average molecular weight is 533 g/mol. The van der Waals surface area contributed by atoms with Gasteiger partial charge in [0.05, 0.1) is 5.69 Å². The third-order valence-corrected chi connectivity index (χ3v) is 7.41. The van der Waals surface area contributed by atoms with Crippen LogP contribution in [0.4, 0.5) is 17.1 Å². The van der Waals surface area contributed by atoms with Crippen LogP contribution in [-0.2, 0) is 5.41 Å². The van der Waals surface area contributed by atoms with Crippen molar-refractivity contribution < 1.29 is 0 Å². The van der Waals surface area contributed by atoms with Crippen molar-refractivity contribution in [1.82, 2.24) is 0 Å². The van der Waals surface area contributed by atoms with E-state index in [9.17, 15) is 0 Å². The third kappa shape index (κ3) is 4.50. The highest BCUT2D eigenvalue weighted by molar-refractivity contribution is 9.10. The van der Waals surface area contributed by atoms with Crippen LogP contribution in [0, 0.1) is 0 Å². The van der Waals surface area contributed by atoms with E-state index in [1.165, 1.54) is 33.5 Å². The molecule has 0 amide bonds. The molecule has 0 saturated carbocycles. The van der Waals surface area contributed by atoms with Gasteiger partial charge in [0.15, 0.2) is 0 Å². The lowest BCUT2D eigenvalue weighted by molar-refractivity contribution is 0.660. The van der Waals surface area contributed by atoms with Crippen molar-refractivity contribution in [2.75, 3.05) is 4.90 Å². The molecule has 178 valence electrons. The van der Waals surface area contributed by atoms with Gasteiger partial charge in [-0.25, -0.2) is 0 Å². The quantitative estimate of drug-likeness (QED) is 0.223. The summed E-state index contributed by atoms with van der Waals surface area (Å²) in [4.78, 5) is 2.38. The van der Waals surface area contributed by atoms with Crippen LogP contribution < -0.4 is 4.90 Å². The van der Waals surface area contributed by atoms with Gasteiger partial charge in [-0.1, -0.05) is 115 Å². The van der Waals surface area contributed by atoms with Gasteiger partial charge in [-0.05, 0) is 71.6 Å². The van der Waals surface area contributed by atoms with Crippen LogP contribution in [0.5, 0.6) is 0 Å². The van der Waals surface area contributed by atoms with Crippen molar-refractivity contribution in [2.45, 2.75) is 26.2 Å². The van der Waals surface area contributed by atoms with Crippen molar-refractivity contribution in [1.29, 1.82) is 0 Å². The van der Waals surface area contributed by atoms with E-state index in [2.05, 4.69) is 144 Å². The number of nitrogens with zero attached hydrogens (tertiary/aromatic N) is 1. The molecule has 1 aliphatic rings. The molecule has 4 aromatic rings. The second kappa shape index (κ2) is 10.2. The Labute approximate surface area is 223 Å². The molecule has 1 nitrogen and oxygen atoms in total. The lowest BCUT2D eigenvalue weighted by atomic mass is 9.82. The fraction of sp³-hybridized carbons (Fsp3) is 0.118. The topological polar surface area (TPSA) is 3.24 Å². The summed E-state index contributed by atoms with van der Waals surface area (Å²) >= 11 is 3.61. The van der Waals surface area contributed by atoms with E-state index >= 15 is 0 Å². The van der Waals surface area contributed by atoms with Gasteiger partial charge in [0, 0.05) is 26.8 Å². The zero-order valence-electron chi connectivity index (χ0n) is 20.9. The molecule has 36 heavy (non-hydrogen) atoms. The van der Waals surface area contributed by atoms with Gasteiger partial charge in [0.25, 0.3) is 0 Å². The lowest BCUT2D eigenvalue weighted by Crippen LogP contribution is -2.16. The van der Waals surface area contributed by atoms with Crippen LogP contribution in [0.1, 0.15) is 37.5 Å². The molecular weight excluding hydrogens is 502 g/mol. The molecule has 1 aliphatic carbocycles. The number of fused-ring (bicyclic) bond motifs is 3. The van der Waals surface area contributed by atoms with E-state index in [4.69, 9.17) is 0 Å². The van der Waals surface area contributed by atoms with E-state index in [1.54, 1.807) is 0 Å². The van der Waals surface area contributed by atoms with Crippen LogP contribution in [0.25, 0.3) is 17.2 Å². The molecule has 0 radical (unpaired) electrons. The first-order valence-corrected chi connectivity index (χ1v) is 13.1. The molecule has 0 fully saturated rings. The minimum absolute atomic E-state index is 0.0392. The molecule has 0 saturated heterocycles. The average Bonchev–Trinajstić information content (AvgIpc) is 3.14. The van der Waals surface area contributed by atoms with Crippen LogP contribution in [-0.4, -0.2) is 0 Å². The minimum Gasteiger partial charge on any atom is -0.310 e. The molecule has 0 unspecified atom stereocenters. The van der Waals surface area contributed by atoms with Crippen molar-refractivity contribution >= 4 is 39.1 Å². The summed E-state index contributed by atoms with van der Waals surface area (Å²) in [5, 5.41) is 0. The first-order valence-electron chi connectivity index (χ1n) is 12.4. The summed E-state index contributed by atoms with van der Waals surface area (Å²) in [5.41, 5.74) is 9.99. The summed E-state index contributed by atoms with van der Waals surface area (Å²) < 4.78 is 1.07. The SMILES string of the molecule is C\C=C/C=C/C=C/c1ccc(N(c2ccc(Br)cc2)c2cccc3c2-c2ccccc2C3(C)C)cc1. The molecule has 0 aliphatic heterocycles. The summed E-state index contributed by atoms with van der Waals surface area (Å²) in [6.07, 6.45) is 12.3. The van der Waals surface area contributed by atoms with E-state index < -0.39 is 0 Å². The smallest absolute Gasteiger partial charge is 0.0543 e. The van der Waals surface area contributed by atoms with Gasteiger partial charge in [-0.2, -0.15) is 0 Å². The number of benzene rings is 4. The van der Waals surface area contributed by atoms with Gasteiger partial charge < -0.3 is 4.90 Å². The maximum absolute atomic E-state index is 3.61. The molecule has 2 heteroatoms. The number of hydrogen-bond acceptors (Lipinski definition) is 1. The summed E-state index contributed by atoms with van der Waals surface area (Å²) in [5.74, 6) is 0. The highest BCUT2D eigenvalue weighted by Crippen LogP contribution is 2.54. The lowest BCUT2D eigenvalue weighted by Gasteiger charge is -2.29. The predicted octanol–water partition coefficient (Wildman–Crippen LogP) is 10.4. The zero-order valence-corrected chi connectivity index (χ0v) is 22.5. The van der Waals surface area contributed by atoms with Crippen LogP contribution in [0.3, 0.4) is 0 Å². The van der Waals surface area contributed by atoms with E-state index in [-0.39, 0.29) is 5.41 Å². The standard InChI is InChI=1S/C34H30BrN/c1-4-5-6-7-8-12-25-17-21-27(22-18-25)36(28-23-19-26(35)20-24-28)32-16-11-15-31-33(32)29-13-9-10-14-30(29)34(31,2)3/h4-24H,1-3H3/b5-4-,7-6+,12-8+. The van der Waals surface area contributed by atoms with Crippen molar-refractivity contribution in [3.63, 3.8) is 0 Å². The number of allylic oxidation sites excluding steroid dienone is 5. The fourth-order valence-electron chi connectivity index (χ4n) is 5.08. The Morgan fingerprint density at radius 3 is 2.03 bits per heavy atom. The Balaban J connectivity index is 1.63. The third-order valence-electron chi connectivity index (χ3n) is 6.88. The Morgan fingerprint density at radius 2 is 1.31 bits per heavy atom. The summed E-state index contributed by atoms with van der Waals surface area (Å²) in [6, 6.07) is 32.9. The van der Waals surface area contributed by atoms with Crippen LogP contribution >= 0.6 is 15.9 Å². The Morgan fingerprint density at radius 1 is 0.667 bits per heavy atom. The normalized spacial score (nSPS) is 14.0. The monoisotopic (exact) mass is 531 g/mol. The van der Waals surface area contributed by atoms with Gasteiger partial charge in [0.2, 0.25) is 0 Å². The predicted molar refractivity (Wildman–Crippen MR) is 159 cm³/mol. The van der Waals surface area contributed by atoms with Crippen molar-refractivity contribution in [2.24, 2.45) is 0 Å². The summed E-state index contributed by atoms with van der Waals surface area (Å²) in [6.45, 7) is 6.68. The second-order valence-electron chi connectivity index (χ2n) is 9.54. The van der Waals surface area contributed by atoms with Gasteiger partial charge in [-0.15, -0.1) is 0 Å². The number of hydrogen-bond donors (Lipinski definition) is 0. The molecular formula is C34H30BrN. The largest absolute Gasteiger partial charge is 0.310 e. The molecule has 0 heterocycles. The number of halogens is 1. The first-order chi connectivity index (χ1) is 17.5. The Hall–Kier alpha value is -3.62. The molecule has 0 bridgehead atoms. The fourth-order valence-corrected chi connectivity index (χ4v) is 5.34. The number of rotatable bonds is 6. The van der Waals surface area contributed by atoms with Crippen molar-refractivity contribution in [3.05, 3.63) is 143 Å². The molecule has 0 N–H and O–H groups in total. The minimum atomic E-state index is -0.0392. The number of anilines is 3. The van der Waals surface area contributed by atoms with Crippen LogP contribution in [0.15, 0.2) is 126 Å². The van der Waals surface area contributed by atoms with Gasteiger partial charge in [0.1, 0.15) is 0 Å². The zero-order chi connectivity index (χ0) is 25.1. The molecule has 0 atom stereocenters. The highest BCUT2D eigenvalue weighted by atomic mass is 79.9. The Kier molecular flexibility index (Phi) is 6.80. The Bertz CT molecular complexity index is 1450. The van der Waals surface area contributed by atoms with Gasteiger partial charge in [-0.3, -0.25) is 0 Å². The van der Waals surface area contributed by atoms with Gasteiger partial charge >= 0.3 is 0 Å².